The Hall–Kier alpha value is -3.02. The second kappa shape index (κ2) is 8.12. The van der Waals surface area contributed by atoms with E-state index in [0.29, 0.717) is 12.0 Å². The molecule has 27 heavy (non-hydrogen) atoms. The number of nitrogens with zero attached hydrogens (tertiary/aromatic N) is 2. The molecule has 0 bridgehead atoms. The summed E-state index contributed by atoms with van der Waals surface area (Å²) in [5.74, 6) is -0.351. The highest BCUT2D eigenvalue weighted by Crippen LogP contribution is 2.29. The van der Waals surface area contributed by atoms with Gasteiger partial charge in [0.25, 0.3) is 0 Å². The summed E-state index contributed by atoms with van der Waals surface area (Å²) in [5, 5.41) is 30.3. The number of Topliss-reactive ketones (excluding diaryl/α,β-unsaturated/α-hetero) is 1. The van der Waals surface area contributed by atoms with E-state index in [1.165, 1.54) is 12.1 Å². The highest BCUT2D eigenvalue weighted by molar-refractivity contribution is 6.58. The molecule has 0 saturated heterocycles. The van der Waals surface area contributed by atoms with E-state index in [9.17, 15) is 19.6 Å². The number of aryl methyl sites for hydroxylation is 1. The van der Waals surface area contributed by atoms with Crippen LogP contribution in [-0.4, -0.2) is 33.8 Å². The molecule has 0 radical (unpaired) electrons. The first kappa shape index (κ1) is 18.8. The predicted octanol–water partition coefficient (Wildman–Crippen LogP) is 0.797. The molecule has 3 N–H and O–H groups in total. The van der Waals surface area contributed by atoms with Crippen molar-refractivity contribution in [2.45, 2.75) is 25.7 Å². The molecule has 3 rings (SSSR count). The number of hydrogen-bond donors (Lipinski definition) is 3. The first-order valence-electron chi connectivity index (χ1n) is 8.67. The van der Waals surface area contributed by atoms with Gasteiger partial charge in [-0.25, -0.2) is 4.98 Å². The second-order valence-electron chi connectivity index (χ2n) is 6.54. The number of anilines is 1. The molecule has 8 heteroatoms. The number of benzene rings is 1. The van der Waals surface area contributed by atoms with Gasteiger partial charge < -0.3 is 15.4 Å². The van der Waals surface area contributed by atoms with Gasteiger partial charge in [-0.15, -0.1) is 0 Å². The molecule has 0 spiro atoms. The number of rotatable bonds is 7. The van der Waals surface area contributed by atoms with Crippen molar-refractivity contribution in [3.8, 4) is 6.07 Å². The smallest absolute Gasteiger partial charge is 0.423 e. The fourth-order valence-corrected chi connectivity index (χ4v) is 2.61. The highest BCUT2D eigenvalue weighted by Gasteiger charge is 2.30. The lowest BCUT2D eigenvalue weighted by atomic mass is 9.80. The molecule has 1 saturated carbocycles. The number of aromatic nitrogens is 1. The van der Waals surface area contributed by atoms with Crippen molar-refractivity contribution >= 4 is 30.1 Å². The second-order valence-corrected chi connectivity index (χ2v) is 6.54. The SMILES string of the molecule is N#Cc1ccc(CCC(=O)c2cc(B(O)O)cc(NC(=O)C3CC3)n2)cc1. The molecule has 1 amide bonds. The quantitative estimate of drug-likeness (QED) is 0.494. The topological polar surface area (TPSA) is 123 Å². The zero-order valence-corrected chi connectivity index (χ0v) is 14.6. The molecule has 1 aliphatic rings. The molecule has 2 aromatic rings. The standard InChI is InChI=1S/C19H18BN3O4/c21-11-13-3-1-12(2-4-13)5-8-17(24)16-9-15(20(26)27)10-18(22-16)23-19(25)14-6-7-14/h1-4,9-10,14,26-27H,5-8H2,(H,22,23,25). The summed E-state index contributed by atoms with van der Waals surface area (Å²) in [6, 6.07) is 11.7. The summed E-state index contributed by atoms with van der Waals surface area (Å²) in [4.78, 5) is 28.6. The van der Waals surface area contributed by atoms with Crippen LogP contribution in [0.2, 0.25) is 0 Å². The largest absolute Gasteiger partial charge is 0.488 e. The van der Waals surface area contributed by atoms with Gasteiger partial charge in [0, 0.05) is 12.3 Å². The van der Waals surface area contributed by atoms with Crippen LogP contribution >= 0.6 is 0 Å². The molecule has 1 fully saturated rings. The molecule has 1 aromatic carbocycles. The van der Waals surface area contributed by atoms with Gasteiger partial charge in [-0.2, -0.15) is 5.26 Å². The third-order valence-electron chi connectivity index (χ3n) is 4.35. The van der Waals surface area contributed by atoms with E-state index < -0.39 is 7.12 Å². The molecule has 0 aliphatic heterocycles. The molecule has 0 atom stereocenters. The van der Waals surface area contributed by atoms with Crippen LogP contribution in [-0.2, 0) is 11.2 Å². The Morgan fingerprint density at radius 2 is 1.93 bits per heavy atom. The number of carbonyl (C=O) groups excluding carboxylic acids is 2. The predicted molar refractivity (Wildman–Crippen MR) is 99.2 cm³/mol. The van der Waals surface area contributed by atoms with Gasteiger partial charge in [0.2, 0.25) is 5.91 Å². The van der Waals surface area contributed by atoms with Crippen LogP contribution in [0.4, 0.5) is 5.82 Å². The first-order chi connectivity index (χ1) is 13.0. The van der Waals surface area contributed by atoms with Crippen LogP contribution in [0.25, 0.3) is 0 Å². The van der Waals surface area contributed by atoms with E-state index in [4.69, 9.17) is 5.26 Å². The van der Waals surface area contributed by atoms with Crippen LogP contribution in [0.5, 0.6) is 0 Å². The highest BCUT2D eigenvalue weighted by atomic mass is 16.4. The van der Waals surface area contributed by atoms with Crippen LogP contribution in [0.3, 0.4) is 0 Å². The number of amides is 1. The zero-order valence-electron chi connectivity index (χ0n) is 14.6. The summed E-state index contributed by atoms with van der Waals surface area (Å²) in [6.07, 6.45) is 2.27. The molecule has 0 unspecified atom stereocenters. The van der Waals surface area contributed by atoms with Gasteiger partial charge in [-0.3, -0.25) is 9.59 Å². The van der Waals surface area contributed by atoms with E-state index in [2.05, 4.69) is 10.3 Å². The van der Waals surface area contributed by atoms with E-state index in [-0.39, 0.29) is 41.0 Å². The van der Waals surface area contributed by atoms with Gasteiger partial charge >= 0.3 is 7.12 Å². The minimum absolute atomic E-state index is 0.0370. The zero-order chi connectivity index (χ0) is 19.4. The van der Waals surface area contributed by atoms with Crippen molar-refractivity contribution in [2.75, 3.05) is 5.32 Å². The molecular formula is C19H18BN3O4. The number of nitriles is 1. The van der Waals surface area contributed by atoms with Crippen LogP contribution < -0.4 is 10.8 Å². The Labute approximate surface area is 156 Å². The van der Waals surface area contributed by atoms with E-state index >= 15 is 0 Å². The van der Waals surface area contributed by atoms with Gasteiger partial charge in [0.15, 0.2) is 5.78 Å². The summed E-state index contributed by atoms with van der Waals surface area (Å²) >= 11 is 0. The molecule has 7 nitrogen and oxygen atoms in total. The van der Waals surface area contributed by atoms with Crippen molar-refractivity contribution in [1.82, 2.24) is 4.98 Å². The molecular weight excluding hydrogens is 345 g/mol. The van der Waals surface area contributed by atoms with Crippen molar-refractivity contribution < 1.29 is 19.6 Å². The van der Waals surface area contributed by atoms with Crippen LogP contribution in [0, 0.1) is 17.2 Å². The molecule has 1 aliphatic carbocycles. The Balaban J connectivity index is 1.72. The summed E-state index contributed by atoms with van der Waals surface area (Å²) in [5.41, 5.74) is 1.62. The molecule has 136 valence electrons. The summed E-state index contributed by atoms with van der Waals surface area (Å²) in [6.45, 7) is 0. The third-order valence-corrected chi connectivity index (χ3v) is 4.35. The maximum absolute atomic E-state index is 12.5. The van der Waals surface area contributed by atoms with Gasteiger partial charge in [0.05, 0.1) is 11.6 Å². The monoisotopic (exact) mass is 363 g/mol. The van der Waals surface area contributed by atoms with Gasteiger partial charge in [-0.1, -0.05) is 12.1 Å². The maximum atomic E-state index is 12.5. The lowest BCUT2D eigenvalue weighted by molar-refractivity contribution is -0.117. The van der Waals surface area contributed by atoms with E-state index in [1.807, 2.05) is 6.07 Å². The number of ketones is 1. The van der Waals surface area contributed by atoms with Crippen LogP contribution in [0.15, 0.2) is 36.4 Å². The van der Waals surface area contributed by atoms with Crippen molar-refractivity contribution in [2.24, 2.45) is 5.92 Å². The molecule has 1 aromatic heterocycles. The lowest BCUT2D eigenvalue weighted by Gasteiger charge is -2.09. The lowest BCUT2D eigenvalue weighted by Crippen LogP contribution is -2.32. The number of nitrogens with one attached hydrogen (secondary N) is 1. The Kier molecular flexibility index (Phi) is 5.64. The van der Waals surface area contributed by atoms with Crippen LogP contribution in [0.1, 0.15) is 40.9 Å². The van der Waals surface area contributed by atoms with Crippen molar-refractivity contribution in [3.05, 3.63) is 53.2 Å². The summed E-state index contributed by atoms with van der Waals surface area (Å²) < 4.78 is 0. The number of carbonyl (C=O) groups is 2. The van der Waals surface area contributed by atoms with Gasteiger partial charge in [-0.05, 0) is 54.6 Å². The fourth-order valence-electron chi connectivity index (χ4n) is 2.61. The van der Waals surface area contributed by atoms with E-state index in [0.717, 1.165) is 18.4 Å². The van der Waals surface area contributed by atoms with Crippen molar-refractivity contribution in [1.29, 1.82) is 5.26 Å². The number of pyridine rings is 1. The average molecular weight is 363 g/mol. The fraction of sp³-hybridized carbons (Fsp3) is 0.263. The maximum Gasteiger partial charge on any atom is 0.488 e. The first-order valence-corrected chi connectivity index (χ1v) is 8.67. The average Bonchev–Trinajstić information content (AvgIpc) is 3.51. The van der Waals surface area contributed by atoms with Gasteiger partial charge in [0.1, 0.15) is 11.5 Å². The summed E-state index contributed by atoms with van der Waals surface area (Å²) in [7, 11) is -1.77. The molecule has 1 heterocycles. The minimum atomic E-state index is -1.77. The minimum Gasteiger partial charge on any atom is -0.423 e. The number of hydrogen-bond acceptors (Lipinski definition) is 6. The normalized spacial score (nSPS) is 12.9. The van der Waals surface area contributed by atoms with E-state index in [1.54, 1.807) is 24.3 Å². The third kappa shape index (κ3) is 5.00. The Bertz CT molecular complexity index is 902. The Morgan fingerprint density at radius 3 is 2.52 bits per heavy atom. The van der Waals surface area contributed by atoms with Crippen molar-refractivity contribution in [3.63, 3.8) is 0 Å². The Morgan fingerprint density at radius 1 is 1.22 bits per heavy atom.